The molecule has 1 aromatic rings. The third-order valence-electron chi connectivity index (χ3n) is 2.06. The molecule has 0 bridgehead atoms. The summed E-state index contributed by atoms with van der Waals surface area (Å²) in [6.45, 7) is 0.113. The van der Waals surface area contributed by atoms with Crippen LogP contribution in [0.5, 0.6) is 0 Å². The largest absolute Gasteiger partial charge is 0.475 e. The highest BCUT2D eigenvalue weighted by Gasteiger charge is 2.24. The van der Waals surface area contributed by atoms with Crippen molar-refractivity contribution in [2.24, 2.45) is 0 Å². The van der Waals surface area contributed by atoms with E-state index in [0.717, 1.165) is 6.07 Å². The molecule has 0 aliphatic rings. The second-order valence-electron chi connectivity index (χ2n) is 3.58. The lowest BCUT2D eigenvalue weighted by molar-refractivity contribution is 0.0661. The molecule has 0 saturated carbocycles. The van der Waals surface area contributed by atoms with Gasteiger partial charge in [-0.05, 0) is 22.4 Å². The van der Waals surface area contributed by atoms with Crippen molar-refractivity contribution in [3.63, 3.8) is 0 Å². The van der Waals surface area contributed by atoms with E-state index in [4.69, 9.17) is 9.52 Å². The van der Waals surface area contributed by atoms with E-state index in [0.29, 0.717) is 12.2 Å². The quantitative estimate of drug-likeness (QED) is 0.682. The van der Waals surface area contributed by atoms with Gasteiger partial charge < -0.3 is 9.52 Å². The Morgan fingerprint density at radius 2 is 2.21 bits per heavy atom. The molecule has 0 radical (unpaired) electrons. The van der Waals surface area contributed by atoms with Gasteiger partial charge in [-0.3, -0.25) is 4.21 Å². The zero-order valence-electron chi connectivity index (χ0n) is 9.88. The van der Waals surface area contributed by atoms with Crippen molar-refractivity contribution in [2.45, 2.75) is 11.3 Å². The van der Waals surface area contributed by atoms with Crippen LogP contribution in [-0.2, 0) is 20.8 Å². The van der Waals surface area contributed by atoms with E-state index in [1.165, 1.54) is 6.26 Å². The van der Waals surface area contributed by atoms with Gasteiger partial charge in [0, 0.05) is 35.4 Å². The van der Waals surface area contributed by atoms with Crippen LogP contribution in [-0.4, -0.2) is 42.3 Å². The van der Waals surface area contributed by atoms with Crippen LogP contribution in [0.4, 0.5) is 0 Å². The first-order chi connectivity index (χ1) is 8.74. The minimum atomic E-state index is -3.85. The number of carboxylic acid groups (broad SMARTS) is 1. The number of aromatic carboxylic acids is 1. The summed E-state index contributed by atoms with van der Waals surface area (Å²) in [4.78, 5) is 10.4. The second kappa shape index (κ2) is 6.64. The normalized spacial score (nSPS) is 13.4. The molecule has 1 unspecified atom stereocenters. The third-order valence-corrected chi connectivity index (χ3v) is 5.24. The van der Waals surface area contributed by atoms with Gasteiger partial charge in [0.15, 0.2) is 4.67 Å². The van der Waals surface area contributed by atoms with Gasteiger partial charge in [-0.25, -0.2) is 17.9 Å². The molecular formula is C9H12BrNO6S2. The van der Waals surface area contributed by atoms with Crippen LogP contribution in [0.1, 0.15) is 17.0 Å². The number of carboxylic acids is 1. The van der Waals surface area contributed by atoms with Crippen molar-refractivity contribution in [2.75, 3.05) is 18.6 Å². The van der Waals surface area contributed by atoms with Crippen molar-refractivity contribution in [3.8, 4) is 0 Å². The van der Waals surface area contributed by atoms with Crippen molar-refractivity contribution >= 4 is 42.7 Å². The fourth-order valence-corrected chi connectivity index (χ4v) is 3.76. The Hall–Kier alpha value is -0.710. The van der Waals surface area contributed by atoms with E-state index in [1.807, 2.05) is 0 Å². The van der Waals surface area contributed by atoms with Crippen molar-refractivity contribution in [1.29, 1.82) is 0 Å². The molecule has 0 saturated heterocycles. The van der Waals surface area contributed by atoms with Gasteiger partial charge in [0.1, 0.15) is 4.90 Å². The minimum absolute atomic E-state index is 0.113. The second-order valence-corrected chi connectivity index (χ2v) is 7.59. The molecule has 2 N–H and O–H groups in total. The van der Waals surface area contributed by atoms with Crippen LogP contribution in [0.3, 0.4) is 0 Å². The van der Waals surface area contributed by atoms with Gasteiger partial charge in [-0.2, -0.15) is 0 Å². The lowest BCUT2D eigenvalue weighted by Gasteiger charge is -2.04. The summed E-state index contributed by atoms with van der Waals surface area (Å²) in [7, 11) is -4.84. The van der Waals surface area contributed by atoms with Gasteiger partial charge in [-0.15, -0.1) is 0 Å². The Morgan fingerprint density at radius 1 is 1.58 bits per heavy atom. The molecule has 0 spiro atoms. The zero-order valence-corrected chi connectivity index (χ0v) is 13.1. The van der Waals surface area contributed by atoms with E-state index in [2.05, 4.69) is 20.7 Å². The lowest BCUT2D eigenvalue weighted by atomic mass is 10.5. The SMILES string of the molecule is CS(=O)CCCNS(=O)(=O)c1cc(C(=O)O)oc1Br. The number of carbonyl (C=O) groups is 1. The fourth-order valence-electron chi connectivity index (χ4n) is 1.20. The number of hydrogen-bond donors (Lipinski definition) is 2. The Labute approximate surface area is 121 Å². The maximum absolute atomic E-state index is 11.9. The van der Waals surface area contributed by atoms with Crippen molar-refractivity contribution in [3.05, 3.63) is 16.5 Å². The average Bonchev–Trinajstić information content (AvgIpc) is 2.67. The lowest BCUT2D eigenvalue weighted by Crippen LogP contribution is -2.25. The molecule has 10 heteroatoms. The fraction of sp³-hybridized carbons (Fsp3) is 0.444. The molecule has 1 atom stereocenters. The van der Waals surface area contributed by atoms with Gasteiger partial charge in [-0.1, -0.05) is 0 Å². The van der Waals surface area contributed by atoms with Crippen LogP contribution in [0, 0.1) is 0 Å². The topological polar surface area (TPSA) is 114 Å². The van der Waals surface area contributed by atoms with Crippen LogP contribution in [0.15, 0.2) is 20.0 Å². The summed E-state index contributed by atoms with van der Waals surface area (Å²) < 4.78 is 41.4. The van der Waals surface area contributed by atoms with E-state index >= 15 is 0 Å². The molecule has 0 aromatic carbocycles. The predicted octanol–water partition coefficient (Wildman–Crippen LogP) is 0.787. The van der Waals surface area contributed by atoms with Crippen LogP contribution >= 0.6 is 15.9 Å². The molecule has 0 aliphatic carbocycles. The molecule has 7 nitrogen and oxygen atoms in total. The minimum Gasteiger partial charge on any atom is -0.475 e. The third kappa shape index (κ3) is 4.71. The average molecular weight is 374 g/mol. The first kappa shape index (κ1) is 16.3. The summed E-state index contributed by atoms with van der Waals surface area (Å²) in [6.07, 6.45) is 1.95. The van der Waals surface area contributed by atoms with Crippen LogP contribution in [0.25, 0.3) is 0 Å². The monoisotopic (exact) mass is 373 g/mol. The van der Waals surface area contributed by atoms with E-state index < -0.39 is 32.6 Å². The van der Waals surface area contributed by atoms with Gasteiger partial charge in [0.05, 0.1) is 0 Å². The highest BCUT2D eigenvalue weighted by Crippen LogP contribution is 2.25. The summed E-state index contributed by atoms with van der Waals surface area (Å²) in [5.41, 5.74) is 0. The summed E-state index contributed by atoms with van der Waals surface area (Å²) >= 11 is 2.86. The Kier molecular flexibility index (Phi) is 5.71. The standard InChI is InChI=1S/C9H12BrNO6S2/c1-18(14)4-2-3-11-19(15,16)7-5-6(9(12)13)17-8(7)10/h5,11H,2-4H2,1H3,(H,12,13). The first-order valence-electron chi connectivity index (χ1n) is 5.06. The molecule has 19 heavy (non-hydrogen) atoms. The number of sulfonamides is 1. The number of halogens is 1. The summed E-state index contributed by atoms with van der Waals surface area (Å²) in [6, 6.07) is 0.923. The number of nitrogens with one attached hydrogen (secondary N) is 1. The van der Waals surface area contributed by atoms with Gasteiger partial charge in [0.2, 0.25) is 15.8 Å². The van der Waals surface area contributed by atoms with E-state index in [9.17, 15) is 17.4 Å². The molecular weight excluding hydrogens is 362 g/mol. The zero-order chi connectivity index (χ0) is 14.6. The van der Waals surface area contributed by atoms with Crippen molar-refractivity contribution in [1.82, 2.24) is 4.72 Å². The Morgan fingerprint density at radius 3 is 2.68 bits per heavy atom. The molecule has 108 valence electrons. The van der Waals surface area contributed by atoms with Crippen LogP contribution in [0.2, 0.25) is 0 Å². The van der Waals surface area contributed by atoms with Gasteiger partial charge in [0.25, 0.3) is 0 Å². The molecule has 1 heterocycles. The highest BCUT2D eigenvalue weighted by molar-refractivity contribution is 9.10. The number of rotatable bonds is 7. The van der Waals surface area contributed by atoms with Gasteiger partial charge >= 0.3 is 5.97 Å². The molecule has 0 amide bonds. The maximum Gasteiger partial charge on any atom is 0.371 e. The summed E-state index contributed by atoms with van der Waals surface area (Å²) in [5.74, 6) is -1.44. The molecule has 0 fully saturated rings. The van der Waals surface area contributed by atoms with E-state index in [1.54, 1.807) is 0 Å². The maximum atomic E-state index is 11.9. The Balaban J connectivity index is 2.77. The predicted molar refractivity (Wildman–Crippen MR) is 72.1 cm³/mol. The molecule has 0 aliphatic heterocycles. The van der Waals surface area contributed by atoms with Crippen molar-refractivity contribution < 1.29 is 26.9 Å². The molecule has 1 rings (SSSR count). The van der Waals surface area contributed by atoms with E-state index in [-0.39, 0.29) is 16.1 Å². The smallest absolute Gasteiger partial charge is 0.371 e. The Bertz CT molecular complexity index is 594. The number of hydrogen-bond acceptors (Lipinski definition) is 5. The van der Waals surface area contributed by atoms with Crippen LogP contribution < -0.4 is 4.72 Å². The molecule has 1 aromatic heterocycles. The number of furan rings is 1. The highest BCUT2D eigenvalue weighted by atomic mass is 79.9. The summed E-state index contributed by atoms with van der Waals surface area (Å²) in [5, 5.41) is 8.70. The first-order valence-corrected chi connectivity index (χ1v) is 9.06.